The largest absolute Gasteiger partial charge is 0.389 e. The molecule has 2 atom stereocenters. The molecular formula is C21H20ClN3O3. The Bertz CT molecular complexity index is 1030. The third-order valence-electron chi connectivity index (χ3n) is 5.02. The Hall–Kier alpha value is -2.83. The lowest BCUT2D eigenvalue weighted by Crippen LogP contribution is -2.45. The number of carbonyl (C=O) groups is 2. The molecule has 7 heteroatoms. The number of H-pyrrole nitrogens is 1. The van der Waals surface area contributed by atoms with Gasteiger partial charge in [0.05, 0.1) is 0 Å². The van der Waals surface area contributed by atoms with Crippen LogP contribution in [-0.4, -0.2) is 40.6 Å². The van der Waals surface area contributed by atoms with Crippen LogP contribution >= 0.6 is 11.6 Å². The molecule has 3 aromatic rings. The van der Waals surface area contributed by atoms with E-state index in [0.29, 0.717) is 11.4 Å². The van der Waals surface area contributed by atoms with Gasteiger partial charge in [-0.15, -0.1) is 0 Å². The van der Waals surface area contributed by atoms with Gasteiger partial charge in [0, 0.05) is 34.6 Å². The van der Waals surface area contributed by atoms with Crippen molar-refractivity contribution in [1.29, 1.82) is 0 Å². The molecule has 0 bridgehead atoms. The Morgan fingerprint density at radius 2 is 1.93 bits per heavy atom. The zero-order valence-electron chi connectivity index (χ0n) is 15.0. The van der Waals surface area contributed by atoms with Gasteiger partial charge in [0.25, 0.3) is 0 Å². The van der Waals surface area contributed by atoms with Crippen molar-refractivity contribution in [2.75, 3.05) is 6.54 Å². The van der Waals surface area contributed by atoms with Crippen LogP contribution in [0.4, 0.5) is 0 Å². The lowest BCUT2D eigenvalue weighted by atomic mass is 10.0. The fraction of sp³-hybridized carbons (Fsp3) is 0.238. The quantitative estimate of drug-likeness (QED) is 0.532. The Morgan fingerprint density at radius 1 is 1.18 bits per heavy atom. The molecule has 0 spiro atoms. The number of benzene rings is 2. The summed E-state index contributed by atoms with van der Waals surface area (Å²) in [6.07, 6.45) is -0.189. The number of aryl methyl sites for hydroxylation is 1. The standard InChI is InChI=1S/C21H20ClN3O3/c22-13-7-5-12(6-8-13)19-15(14-3-1-2-4-16(14)24-19)9-10-18(27)25-20-17(26)11-23-21(20)28/h1-8,17,20,24,26H,9-11H2,(H,23,28)(H,25,27)/t17-,20+/m1/s1. The number of β-amino-alcohol motifs (C(OH)–C–C–N with tert-alkyl or cyclic N) is 1. The number of aliphatic hydroxyl groups is 1. The lowest BCUT2D eigenvalue weighted by molar-refractivity contribution is -0.128. The Balaban J connectivity index is 1.57. The highest BCUT2D eigenvalue weighted by atomic mass is 35.5. The zero-order chi connectivity index (χ0) is 19.7. The van der Waals surface area contributed by atoms with Crippen molar-refractivity contribution in [1.82, 2.24) is 15.6 Å². The van der Waals surface area contributed by atoms with Crippen LogP contribution in [0, 0.1) is 0 Å². The second-order valence-corrected chi connectivity index (χ2v) is 7.33. The van der Waals surface area contributed by atoms with Gasteiger partial charge >= 0.3 is 0 Å². The van der Waals surface area contributed by atoms with Crippen molar-refractivity contribution in [3.63, 3.8) is 0 Å². The molecule has 0 saturated carbocycles. The lowest BCUT2D eigenvalue weighted by Gasteiger charge is -2.13. The van der Waals surface area contributed by atoms with Gasteiger partial charge in [0.15, 0.2) is 0 Å². The van der Waals surface area contributed by atoms with Crippen molar-refractivity contribution >= 4 is 34.3 Å². The van der Waals surface area contributed by atoms with E-state index >= 15 is 0 Å². The summed E-state index contributed by atoms with van der Waals surface area (Å²) in [5.74, 6) is -0.622. The molecule has 6 nitrogen and oxygen atoms in total. The topological polar surface area (TPSA) is 94.2 Å². The molecule has 0 aliphatic carbocycles. The van der Waals surface area contributed by atoms with E-state index in [1.165, 1.54) is 0 Å². The van der Waals surface area contributed by atoms with E-state index in [1.807, 2.05) is 48.5 Å². The van der Waals surface area contributed by atoms with Gasteiger partial charge in [-0.3, -0.25) is 9.59 Å². The minimum atomic E-state index is -0.894. The predicted molar refractivity (Wildman–Crippen MR) is 108 cm³/mol. The van der Waals surface area contributed by atoms with Crippen LogP contribution in [0.3, 0.4) is 0 Å². The minimum absolute atomic E-state index is 0.160. The minimum Gasteiger partial charge on any atom is -0.389 e. The van der Waals surface area contributed by atoms with Crippen molar-refractivity contribution in [3.8, 4) is 11.3 Å². The summed E-state index contributed by atoms with van der Waals surface area (Å²) < 4.78 is 0. The molecule has 2 aromatic carbocycles. The summed E-state index contributed by atoms with van der Waals surface area (Å²) in [5, 5.41) is 16.7. The van der Waals surface area contributed by atoms with E-state index in [2.05, 4.69) is 15.6 Å². The predicted octanol–water partition coefficient (Wildman–Crippen LogP) is 2.40. The van der Waals surface area contributed by atoms with Crippen LogP contribution < -0.4 is 10.6 Å². The number of hydrogen-bond acceptors (Lipinski definition) is 3. The van der Waals surface area contributed by atoms with E-state index in [1.54, 1.807) is 0 Å². The number of carbonyl (C=O) groups excluding carboxylic acids is 2. The molecular weight excluding hydrogens is 378 g/mol. The summed E-state index contributed by atoms with van der Waals surface area (Å²) >= 11 is 6.01. The highest BCUT2D eigenvalue weighted by Crippen LogP contribution is 2.32. The molecule has 4 rings (SSSR count). The Morgan fingerprint density at radius 3 is 2.64 bits per heavy atom. The van der Waals surface area contributed by atoms with Crippen LogP contribution in [0.2, 0.25) is 5.02 Å². The van der Waals surface area contributed by atoms with Gasteiger partial charge in [0.2, 0.25) is 11.8 Å². The molecule has 2 heterocycles. The normalized spacial score (nSPS) is 19.0. The number of fused-ring (bicyclic) bond motifs is 1. The first-order valence-electron chi connectivity index (χ1n) is 9.13. The number of rotatable bonds is 5. The second-order valence-electron chi connectivity index (χ2n) is 6.89. The smallest absolute Gasteiger partial charge is 0.245 e. The summed E-state index contributed by atoms with van der Waals surface area (Å²) in [4.78, 5) is 27.5. The van der Waals surface area contributed by atoms with E-state index in [-0.39, 0.29) is 24.8 Å². The van der Waals surface area contributed by atoms with Gasteiger partial charge in [0.1, 0.15) is 12.1 Å². The maximum absolute atomic E-state index is 12.4. The number of hydrogen-bond donors (Lipinski definition) is 4. The fourth-order valence-corrected chi connectivity index (χ4v) is 3.70. The average Bonchev–Trinajstić information content (AvgIpc) is 3.22. The first kappa shape index (κ1) is 18.5. The van der Waals surface area contributed by atoms with Gasteiger partial charge in [-0.1, -0.05) is 41.9 Å². The molecule has 1 aliphatic rings. The number of para-hydroxylation sites is 1. The van der Waals surface area contributed by atoms with Gasteiger partial charge in [-0.2, -0.15) is 0 Å². The zero-order valence-corrected chi connectivity index (χ0v) is 15.8. The average molecular weight is 398 g/mol. The van der Waals surface area contributed by atoms with Gasteiger partial charge < -0.3 is 20.7 Å². The van der Waals surface area contributed by atoms with Crippen LogP contribution in [0.15, 0.2) is 48.5 Å². The SMILES string of the molecule is O=C(CCc1c(-c2ccc(Cl)cc2)[nH]c2ccccc12)N[C@@H]1C(=O)NC[C@H]1O. The second kappa shape index (κ2) is 7.66. The van der Waals surface area contributed by atoms with Gasteiger partial charge in [-0.25, -0.2) is 0 Å². The van der Waals surface area contributed by atoms with E-state index in [0.717, 1.165) is 27.7 Å². The number of aromatic nitrogens is 1. The summed E-state index contributed by atoms with van der Waals surface area (Å²) in [5.41, 5.74) is 3.96. The summed E-state index contributed by atoms with van der Waals surface area (Å²) in [6, 6.07) is 14.6. The number of nitrogens with one attached hydrogen (secondary N) is 3. The molecule has 0 radical (unpaired) electrons. The Kier molecular flexibility index (Phi) is 5.07. The Labute approximate surface area is 166 Å². The molecule has 28 heavy (non-hydrogen) atoms. The summed E-state index contributed by atoms with van der Waals surface area (Å²) in [7, 11) is 0. The number of amides is 2. The molecule has 1 aliphatic heterocycles. The molecule has 4 N–H and O–H groups in total. The number of aromatic amines is 1. The molecule has 1 saturated heterocycles. The van der Waals surface area contributed by atoms with Gasteiger partial charge in [-0.05, 0) is 35.7 Å². The molecule has 1 aromatic heterocycles. The third-order valence-corrected chi connectivity index (χ3v) is 5.27. The maximum Gasteiger partial charge on any atom is 0.245 e. The van der Waals surface area contributed by atoms with E-state index < -0.39 is 12.1 Å². The van der Waals surface area contributed by atoms with Crippen molar-refractivity contribution in [2.45, 2.75) is 25.0 Å². The van der Waals surface area contributed by atoms with Crippen molar-refractivity contribution in [2.24, 2.45) is 0 Å². The number of aliphatic hydroxyl groups excluding tert-OH is 1. The van der Waals surface area contributed by atoms with Crippen LogP contribution in [-0.2, 0) is 16.0 Å². The van der Waals surface area contributed by atoms with Crippen LogP contribution in [0.5, 0.6) is 0 Å². The summed E-state index contributed by atoms with van der Waals surface area (Å²) in [6.45, 7) is 0.160. The van der Waals surface area contributed by atoms with Crippen molar-refractivity contribution in [3.05, 3.63) is 59.1 Å². The number of halogens is 1. The van der Waals surface area contributed by atoms with Crippen LogP contribution in [0.1, 0.15) is 12.0 Å². The first-order chi connectivity index (χ1) is 13.5. The van der Waals surface area contributed by atoms with E-state index in [9.17, 15) is 14.7 Å². The van der Waals surface area contributed by atoms with Crippen molar-refractivity contribution < 1.29 is 14.7 Å². The molecule has 144 valence electrons. The molecule has 2 amide bonds. The highest BCUT2D eigenvalue weighted by molar-refractivity contribution is 6.30. The fourth-order valence-electron chi connectivity index (χ4n) is 3.58. The maximum atomic E-state index is 12.4. The third kappa shape index (κ3) is 3.61. The monoisotopic (exact) mass is 397 g/mol. The first-order valence-corrected chi connectivity index (χ1v) is 9.51. The van der Waals surface area contributed by atoms with Crippen LogP contribution in [0.25, 0.3) is 22.2 Å². The highest BCUT2D eigenvalue weighted by Gasteiger charge is 2.34. The van der Waals surface area contributed by atoms with E-state index in [4.69, 9.17) is 11.6 Å². The molecule has 1 fully saturated rings. The molecule has 0 unspecified atom stereocenters.